The zero-order valence-corrected chi connectivity index (χ0v) is 10.5. The van der Waals surface area contributed by atoms with Gasteiger partial charge in [0.25, 0.3) is 0 Å². The van der Waals surface area contributed by atoms with Crippen LogP contribution >= 0.6 is 0 Å². The predicted molar refractivity (Wildman–Crippen MR) is 67.0 cm³/mol. The molecule has 5 nitrogen and oxygen atoms in total. The van der Waals surface area contributed by atoms with Gasteiger partial charge in [-0.1, -0.05) is 6.07 Å². The van der Waals surface area contributed by atoms with E-state index in [-0.39, 0.29) is 13.2 Å². The molecule has 1 aliphatic heterocycles. The van der Waals surface area contributed by atoms with Crippen LogP contribution in [0, 0.1) is 0 Å². The molecule has 1 heterocycles. The normalized spacial score (nSPS) is 16.3. The summed E-state index contributed by atoms with van der Waals surface area (Å²) in [7, 11) is 1.55. The Morgan fingerprint density at radius 3 is 3.17 bits per heavy atom. The quantitative estimate of drug-likeness (QED) is 0.802. The fourth-order valence-electron chi connectivity index (χ4n) is 1.79. The molecule has 18 heavy (non-hydrogen) atoms. The highest BCUT2D eigenvalue weighted by Crippen LogP contribution is 2.26. The molecule has 0 aromatic heterocycles. The van der Waals surface area contributed by atoms with Gasteiger partial charge in [-0.3, -0.25) is 0 Å². The largest absolute Gasteiger partial charge is 0.492 e. The van der Waals surface area contributed by atoms with Crippen LogP contribution in [0.4, 0.5) is 0 Å². The maximum Gasteiger partial charge on any atom is 0.127 e. The number of ether oxygens (including phenoxy) is 3. The summed E-state index contributed by atoms with van der Waals surface area (Å²) in [5.41, 5.74) is 1.12. The zero-order valence-electron chi connectivity index (χ0n) is 10.5. The van der Waals surface area contributed by atoms with Crippen LogP contribution in [0.15, 0.2) is 18.2 Å². The summed E-state index contributed by atoms with van der Waals surface area (Å²) < 4.78 is 15.9. The van der Waals surface area contributed by atoms with Crippen molar-refractivity contribution in [2.45, 2.75) is 12.6 Å². The van der Waals surface area contributed by atoms with Crippen molar-refractivity contribution in [3.05, 3.63) is 23.8 Å². The zero-order chi connectivity index (χ0) is 12.8. The Balaban J connectivity index is 1.95. The molecule has 1 aliphatic rings. The van der Waals surface area contributed by atoms with Crippen molar-refractivity contribution in [1.29, 1.82) is 0 Å². The molecule has 1 aromatic carbocycles. The van der Waals surface area contributed by atoms with E-state index in [0.717, 1.165) is 24.4 Å². The molecule has 0 bridgehead atoms. The molecule has 1 unspecified atom stereocenters. The Bertz CT molecular complexity index is 383. The molecule has 1 aromatic rings. The minimum atomic E-state index is -0.614. The molecule has 0 aliphatic carbocycles. The van der Waals surface area contributed by atoms with Crippen molar-refractivity contribution in [2.24, 2.45) is 0 Å². The molecule has 0 spiro atoms. The topological polar surface area (TPSA) is 60.0 Å². The van der Waals surface area contributed by atoms with Gasteiger partial charge in [0.1, 0.15) is 30.8 Å². The third-order valence-corrected chi connectivity index (χ3v) is 2.69. The van der Waals surface area contributed by atoms with Crippen LogP contribution in [0.1, 0.15) is 5.56 Å². The second kappa shape index (κ2) is 6.58. The van der Waals surface area contributed by atoms with Crippen molar-refractivity contribution in [3.63, 3.8) is 0 Å². The highest BCUT2D eigenvalue weighted by atomic mass is 16.5. The number of nitrogens with one attached hydrogen (secondary N) is 1. The first kappa shape index (κ1) is 13.1. The first-order valence-corrected chi connectivity index (χ1v) is 6.06. The number of methoxy groups -OCH3 is 1. The molecule has 2 rings (SSSR count). The number of fused-ring (bicyclic) bond motifs is 1. The number of benzene rings is 1. The van der Waals surface area contributed by atoms with Crippen molar-refractivity contribution in [3.8, 4) is 11.5 Å². The fourth-order valence-corrected chi connectivity index (χ4v) is 1.79. The fraction of sp³-hybridized carbons (Fsp3) is 0.538. The predicted octanol–water partition coefficient (Wildman–Crippen LogP) is 0.555. The van der Waals surface area contributed by atoms with E-state index in [4.69, 9.17) is 14.2 Å². The van der Waals surface area contributed by atoms with E-state index in [1.165, 1.54) is 0 Å². The minimum absolute atomic E-state index is 0.213. The molecule has 0 saturated heterocycles. The summed E-state index contributed by atoms with van der Waals surface area (Å²) in [5.74, 6) is 1.55. The number of hydrogen-bond acceptors (Lipinski definition) is 5. The second-order valence-corrected chi connectivity index (χ2v) is 4.21. The third kappa shape index (κ3) is 3.60. The molecule has 100 valence electrons. The average molecular weight is 253 g/mol. The van der Waals surface area contributed by atoms with E-state index in [1.807, 2.05) is 18.2 Å². The van der Waals surface area contributed by atoms with Gasteiger partial charge in [0.05, 0.1) is 6.61 Å². The average Bonchev–Trinajstić information content (AvgIpc) is 2.61. The lowest BCUT2D eigenvalue weighted by Crippen LogP contribution is -2.22. The molecule has 0 radical (unpaired) electrons. The van der Waals surface area contributed by atoms with Crippen LogP contribution in [-0.4, -0.2) is 44.7 Å². The van der Waals surface area contributed by atoms with Gasteiger partial charge in [-0.25, -0.2) is 0 Å². The lowest BCUT2D eigenvalue weighted by Gasteiger charge is -2.13. The Morgan fingerprint density at radius 2 is 2.33 bits per heavy atom. The van der Waals surface area contributed by atoms with Crippen molar-refractivity contribution < 1.29 is 19.3 Å². The lowest BCUT2D eigenvalue weighted by molar-refractivity contribution is 0.0325. The van der Waals surface area contributed by atoms with Gasteiger partial charge < -0.3 is 24.6 Å². The first-order chi connectivity index (χ1) is 8.79. The van der Waals surface area contributed by atoms with E-state index in [1.54, 1.807) is 7.11 Å². The summed E-state index contributed by atoms with van der Waals surface area (Å²) in [4.78, 5) is 0. The number of rotatable bonds is 5. The molecule has 0 amide bonds. The van der Waals surface area contributed by atoms with E-state index in [9.17, 15) is 5.11 Å². The highest BCUT2D eigenvalue weighted by Gasteiger charge is 2.10. The van der Waals surface area contributed by atoms with Gasteiger partial charge in [0.15, 0.2) is 0 Å². The Kier molecular flexibility index (Phi) is 4.81. The van der Waals surface area contributed by atoms with Gasteiger partial charge >= 0.3 is 0 Å². The monoisotopic (exact) mass is 253 g/mol. The summed E-state index contributed by atoms with van der Waals surface area (Å²) in [6.45, 7) is 2.79. The SMILES string of the molecule is COCC(O)COc1ccc2c(c1)OCCNC2. The Morgan fingerprint density at radius 1 is 1.44 bits per heavy atom. The Labute approximate surface area is 107 Å². The summed E-state index contributed by atoms with van der Waals surface area (Å²) in [6.07, 6.45) is -0.614. The van der Waals surface area contributed by atoms with Gasteiger partial charge in [-0.2, -0.15) is 0 Å². The van der Waals surface area contributed by atoms with Crippen LogP contribution in [0.2, 0.25) is 0 Å². The molecule has 1 atom stereocenters. The number of aliphatic hydroxyl groups excluding tert-OH is 1. The third-order valence-electron chi connectivity index (χ3n) is 2.69. The van der Waals surface area contributed by atoms with Crippen LogP contribution in [0.25, 0.3) is 0 Å². The first-order valence-electron chi connectivity index (χ1n) is 6.06. The van der Waals surface area contributed by atoms with Crippen molar-refractivity contribution in [1.82, 2.24) is 5.32 Å². The minimum Gasteiger partial charge on any atom is -0.492 e. The van der Waals surface area contributed by atoms with Crippen LogP contribution in [0.3, 0.4) is 0 Å². The number of aliphatic hydroxyl groups is 1. The van der Waals surface area contributed by atoms with Crippen molar-refractivity contribution in [2.75, 3.05) is 33.5 Å². The lowest BCUT2D eigenvalue weighted by atomic mass is 10.2. The summed E-state index contributed by atoms with van der Waals surface area (Å²) >= 11 is 0. The van der Waals surface area contributed by atoms with Gasteiger partial charge in [0, 0.05) is 31.8 Å². The standard InChI is InChI=1S/C13H19NO4/c1-16-8-11(15)9-18-12-3-2-10-7-14-4-5-17-13(10)6-12/h2-3,6,11,14-15H,4-5,7-9H2,1H3. The van der Waals surface area contributed by atoms with Gasteiger partial charge in [-0.15, -0.1) is 0 Å². The highest BCUT2D eigenvalue weighted by molar-refractivity contribution is 5.41. The molecule has 5 heteroatoms. The van der Waals surface area contributed by atoms with E-state index in [0.29, 0.717) is 12.4 Å². The maximum absolute atomic E-state index is 9.50. The van der Waals surface area contributed by atoms with Crippen LogP contribution < -0.4 is 14.8 Å². The van der Waals surface area contributed by atoms with Gasteiger partial charge in [-0.05, 0) is 6.07 Å². The van der Waals surface area contributed by atoms with Crippen LogP contribution in [-0.2, 0) is 11.3 Å². The second-order valence-electron chi connectivity index (χ2n) is 4.21. The van der Waals surface area contributed by atoms with E-state index >= 15 is 0 Å². The molecule has 0 fully saturated rings. The summed E-state index contributed by atoms with van der Waals surface area (Å²) in [5, 5.41) is 12.8. The van der Waals surface area contributed by atoms with Crippen molar-refractivity contribution >= 4 is 0 Å². The van der Waals surface area contributed by atoms with E-state index in [2.05, 4.69) is 5.32 Å². The van der Waals surface area contributed by atoms with E-state index < -0.39 is 6.10 Å². The molecule has 2 N–H and O–H groups in total. The van der Waals surface area contributed by atoms with Crippen LogP contribution in [0.5, 0.6) is 11.5 Å². The smallest absolute Gasteiger partial charge is 0.127 e. The Hall–Kier alpha value is -1.30. The number of hydrogen-bond donors (Lipinski definition) is 2. The summed E-state index contributed by atoms with van der Waals surface area (Å²) in [6, 6.07) is 5.72. The van der Waals surface area contributed by atoms with Gasteiger partial charge in [0.2, 0.25) is 0 Å². The maximum atomic E-state index is 9.50. The molecule has 0 saturated carbocycles. The molecular weight excluding hydrogens is 234 g/mol. The molecular formula is C13H19NO4.